The van der Waals surface area contributed by atoms with Gasteiger partial charge >= 0.3 is 0 Å². The Bertz CT molecular complexity index is 760. The van der Waals surface area contributed by atoms with Gasteiger partial charge in [-0.25, -0.2) is 12.8 Å². The van der Waals surface area contributed by atoms with Gasteiger partial charge in [-0.2, -0.15) is 0 Å². The van der Waals surface area contributed by atoms with Gasteiger partial charge in [0.05, 0.1) is 10.6 Å². The maximum atomic E-state index is 13.1. The largest absolute Gasteiger partial charge is 0.389 e. The highest BCUT2D eigenvalue weighted by Crippen LogP contribution is 2.20. The SMILES string of the molecule is NC(=S)c1ccccc1S(=O)(=O)Nc1cccc(F)c1. The average Bonchev–Trinajstić information content (AvgIpc) is 2.38. The minimum atomic E-state index is -3.89. The molecule has 0 bridgehead atoms. The predicted molar refractivity (Wildman–Crippen MR) is 79.5 cm³/mol. The molecule has 0 aromatic heterocycles. The van der Waals surface area contributed by atoms with Gasteiger partial charge in [0.25, 0.3) is 10.0 Å². The smallest absolute Gasteiger partial charge is 0.262 e. The van der Waals surface area contributed by atoms with Gasteiger partial charge < -0.3 is 5.73 Å². The molecule has 104 valence electrons. The van der Waals surface area contributed by atoms with E-state index in [0.29, 0.717) is 0 Å². The van der Waals surface area contributed by atoms with Crippen molar-refractivity contribution in [3.8, 4) is 0 Å². The Labute approximate surface area is 121 Å². The zero-order valence-electron chi connectivity index (χ0n) is 10.2. The van der Waals surface area contributed by atoms with Crippen LogP contribution in [0.3, 0.4) is 0 Å². The van der Waals surface area contributed by atoms with Crippen LogP contribution in [0.1, 0.15) is 5.56 Å². The molecule has 0 fully saturated rings. The molecule has 7 heteroatoms. The van der Waals surface area contributed by atoms with Crippen molar-refractivity contribution in [1.82, 2.24) is 0 Å². The van der Waals surface area contributed by atoms with E-state index in [4.69, 9.17) is 18.0 Å². The summed E-state index contributed by atoms with van der Waals surface area (Å²) in [6.45, 7) is 0. The first-order chi connectivity index (χ1) is 9.40. The molecule has 2 aromatic carbocycles. The van der Waals surface area contributed by atoms with Crippen LogP contribution >= 0.6 is 12.2 Å². The molecular formula is C13H11FN2O2S2. The molecule has 0 heterocycles. The number of halogens is 1. The third-order valence-corrected chi connectivity index (χ3v) is 4.18. The van der Waals surface area contributed by atoms with E-state index in [-0.39, 0.29) is 21.1 Å². The molecule has 0 amide bonds. The Morgan fingerprint density at radius 2 is 1.85 bits per heavy atom. The maximum Gasteiger partial charge on any atom is 0.262 e. The van der Waals surface area contributed by atoms with Crippen LogP contribution in [0, 0.1) is 5.82 Å². The summed E-state index contributed by atoms with van der Waals surface area (Å²) >= 11 is 4.83. The quantitative estimate of drug-likeness (QED) is 0.850. The Kier molecular flexibility index (Phi) is 4.01. The fraction of sp³-hybridized carbons (Fsp3) is 0. The maximum absolute atomic E-state index is 13.1. The van der Waals surface area contributed by atoms with Crippen LogP contribution in [0.4, 0.5) is 10.1 Å². The zero-order valence-corrected chi connectivity index (χ0v) is 11.8. The molecule has 0 atom stereocenters. The summed E-state index contributed by atoms with van der Waals surface area (Å²) in [6.07, 6.45) is 0. The molecule has 3 N–H and O–H groups in total. The normalized spacial score (nSPS) is 11.1. The lowest BCUT2D eigenvalue weighted by Gasteiger charge is -2.11. The van der Waals surface area contributed by atoms with Gasteiger partial charge in [0.2, 0.25) is 0 Å². The van der Waals surface area contributed by atoms with Crippen molar-refractivity contribution in [2.75, 3.05) is 4.72 Å². The second kappa shape index (κ2) is 5.56. The average molecular weight is 310 g/mol. The number of nitrogens with one attached hydrogen (secondary N) is 1. The molecule has 2 rings (SSSR count). The van der Waals surface area contributed by atoms with Crippen molar-refractivity contribution in [2.45, 2.75) is 4.90 Å². The van der Waals surface area contributed by atoms with E-state index in [0.717, 1.165) is 6.07 Å². The van der Waals surface area contributed by atoms with Crippen molar-refractivity contribution < 1.29 is 12.8 Å². The second-order valence-electron chi connectivity index (χ2n) is 3.98. The van der Waals surface area contributed by atoms with Crippen molar-refractivity contribution >= 4 is 32.9 Å². The number of sulfonamides is 1. The fourth-order valence-corrected chi connectivity index (χ4v) is 3.18. The van der Waals surface area contributed by atoms with Crippen molar-refractivity contribution in [1.29, 1.82) is 0 Å². The van der Waals surface area contributed by atoms with Gasteiger partial charge in [0, 0.05) is 5.56 Å². The van der Waals surface area contributed by atoms with Crippen molar-refractivity contribution in [3.63, 3.8) is 0 Å². The Hall–Kier alpha value is -1.99. The van der Waals surface area contributed by atoms with Crippen LogP contribution in [0.25, 0.3) is 0 Å². The monoisotopic (exact) mass is 310 g/mol. The first kappa shape index (κ1) is 14.4. The van der Waals surface area contributed by atoms with Gasteiger partial charge in [-0.1, -0.05) is 36.5 Å². The summed E-state index contributed by atoms with van der Waals surface area (Å²) in [5.41, 5.74) is 5.88. The van der Waals surface area contributed by atoms with Gasteiger partial charge in [-0.15, -0.1) is 0 Å². The fourth-order valence-electron chi connectivity index (χ4n) is 1.67. The molecular weight excluding hydrogens is 299 g/mol. The Balaban J connectivity index is 2.44. The highest BCUT2D eigenvalue weighted by Gasteiger charge is 2.19. The molecule has 0 saturated heterocycles. The first-order valence-corrected chi connectivity index (χ1v) is 7.46. The minimum Gasteiger partial charge on any atom is -0.389 e. The standard InChI is InChI=1S/C13H11FN2O2S2/c14-9-4-3-5-10(8-9)16-20(17,18)12-7-2-1-6-11(12)13(15)19/h1-8,16H,(H2,15,19). The highest BCUT2D eigenvalue weighted by molar-refractivity contribution is 7.93. The molecule has 0 unspecified atom stereocenters. The highest BCUT2D eigenvalue weighted by atomic mass is 32.2. The first-order valence-electron chi connectivity index (χ1n) is 5.57. The number of benzene rings is 2. The second-order valence-corrected chi connectivity index (χ2v) is 6.07. The van der Waals surface area contributed by atoms with E-state index in [2.05, 4.69) is 4.72 Å². The van der Waals surface area contributed by atoms with Crippen LogP contribution in [-0.4, -0.2) is 13.4 Å². The number of hydrogen-bond donors (Lipinski definition) is 2. The van der Waals surface area contributed by atoms with Crippen LogP contribution in [0.2, 0.25) is 0 Å². The molecule has 0 aliphatic heterocycles. The minimum absolute atomic E-state index is 0.0229. The van der Waals surface area contributed by atoms with Crippen LogP contribution < -0.4 is 10.5 Å². The van der Waals surface area contributed by atoms with E-state index in [1.54, 1.807) is 12.1 Å². The molecule has 0 radical (unpaired) electrons. The third-order valence-electron chi connectivity index (χ3n) is 2.52. The van der Waals surface area contributed by atoms with Gasteiger partial charge in [-0.05, 0) is 24.3 Å². The lowest BCUT2D eigenvalue weighted by Crippen LogP contribution is -2.19. The molecule has 20 heavy (non-hydrogen) atoms. The Morgan fingerprint density at radius 3 is 2.50 bits per heavy atom. The van der Waals surface area contributed by atoms with Gasteiger partial charge in [0.15, 0.2) is 0 Å². The van der Waals surface area contributed by atoms with E-state index in [1.807, 2.05) is 0 Å². The van der Waals surface area contributed by atoms with Gasteiger partial charge in [-0.3, -0.25) is 4.72 Å². The summed E-state index contributed by atoms with van der Waals surface area (Å²) in [5.74, 6) is -0.534. The summed E-state index contributed by atoms with van der Waals surface area (Å²) in [7, 11) is -3.89. The van der Waals surface area contributed by atoms with Crippen LogP contribution in [0.15, 0.2) is 53.4 Å². The molecule has 2 aromatic rings. The molecule has 0 aliphatic carbocycles. The summed E-state index contributed by atoms with van der Waals surface area (Å²) < 4.78 is 39.9. The molecule has 4 nitrogen and oxygen atoms in total. The Morgan fingerprint density at radius 1 is 1.15 bits per heavy atom. The van der Waals surface area contributed by atoms with Gasteiger partial charge in [0.1, 0.15) is 10.8 Å². The summed E-state index contributed by atoms with van der Waals surface area (Å²) in [6, 6.07) is 11.3. The number of nitrogens with two attached hydrogens (primary N) is 1. The molecule has 0 saturated carbocycles. The zero-order chi connectivity index (χ0) is 14.8. The summed E-state index contributed by atoms with van der Waals surface area (Å²) in [5, 5.41) is 0. The van der Waals surface area contributed by atoms with E-state index < -0.39 is 15.8 Å². The summed E-state index contributed by atoms with van der Waals surface area (Å²) in [4.78, 5) is -0.0676. The lowest BCUT2D eigenvalue weighted by molar-refractivity contribution is 0.601. The topological polar surface area (TPSA) is 72.2 Å². The van der Waals surface area contributed by atoms with Crippen molar-refractivity contribution in [2.24, 2.45) is 5.73 Å². The van der Waals surface area contributed by atoms with Crippen LogP contribution in [0.5, 0.6) is 0 Å². The van der Waals surface area contributed by atoms with E-state index >= 15 is 0 Å². The molecule has 0 spiro atoms. The number of rotatable bonds is 4. The van der Waals surface area contributed by atoms with Crippen LogP contribution in [-0.2, 0) is 10.0 Å². The van der Waals surface area contributed by atoms with Crippen molar-refractivity contribution in [3.05, 3.63) is 59.9 Å². The number of thiocarbonyl (C=S) groups is 1. The number of hydrogen-bond acceptors (Lipinski definition) is 3. The number of anilines is 1. The van der Waals surface area contributed by atoms with E-state index in [9.17, 15) is 12.8 Å². The third kappa shape index (κ3) is 3.12. The lowest BCUT2D eigenvalue weighted by atomic mass is 10.2. The predicted octanol–water partition coefficient (Wildman–Crippen LogP) is 2.26. The van der Waals surface area contributed by atoms with E-state index in [1.165, 1.54) is 30.3 Å². The molecule has 0 aliphatic rings.